The van der Waals surface area contributed by atoms with Gasteiger partial charge in [0.05, 0.1) is 25.7 Å². The summed E-state index contributed by atoms with van der Waals surface area (Å²) in [5.74, 6) is 0.813. The Bertz CT molecular complexity index is 1190. The molecular formula is C23H18BrNO4S. The number of amides is 2. The third-order valence-electron chi connectivity index (χ3n) is 4.82. The standard InChI is InChI=1S/C23H18BrNO4S/c1-28-19-10-17(18(24)12-20(19)29-2)11-21-22(26)25(23(27)30-21)13-14-7-8-15-5-3-4-6-16(15)9-14/h3-12H,13H2,1-2H3/b21-11-. The highest BCUT2D eigenvalue weighted by molar-refractivity contribution is 9.10. The third kappa shape index (κ3) is 3.95. The van der Waals surface area contributed by atoms with E-state index in [0.29, 0.717) is 16.4 Å². The molecule has 0 bridgehead atoms. The zero-order valence-corrected chi connectivity index (χ0v) is 18.7. The largest absolute Gasteiger partial charge is 0.493 e. The summed E-state index contributed by atoms with van der Waals surface area (Å²) in [5, 5.41) is 1.91. The zero-order valence-electron chi connectivity index (χ0n) is 16.3. The predicted octanol–water partition coefficient (Wildman–Crippen LogP) is 5.86. The van der Waals surface area contributed by atoms with Crippen molar-refractivity contribution < 1.29 is 19.1 Å². The van der Waals surface area contributed by atoms with Crippen molar-refractivity contribution >= 4 is 55.7 Å². The van der Waals surface area contributed by atoms with Gasteiger partial charge in [0.1, 0.15) is 0 Å². The predicted molar refractivity (Wildman–Crippen MR) is 123 cm³/mol. The second-order valence-corrected chi connectivity index (χ2v) is 8.53. The van der Waals surface area contributed by atoms with Crippen LogP contribution in [0.2, 0.25) is 0 Å². The lowest BCUT2D eigenvalue weighted by Crippen LogP contribution is -2.27. The minimum atomic E-state index is -0.306. The first-order chi connectivity index (χ1) is 14.5. The Morgan fingerprint density at radius 3 is 2.40 bits per heavy atom. The van der Waals surface area contributed by atoms with E-state index < -0.39 is 0 Å². The Morgan fingerprint density at radius 1 is 0.967 bits per heavy atom. The van der Waals surface area contributed by atoms with Crippen molar-refractivity contribution in [3.05, 3.63) is 75.1 Å². The normalized spacial score (nSPS) is 15.3. The van der Waals surface area contributed by atoms with E-state index in [-0.39, 0.29) is 17.7 Å². The van der Waals surface area contributed by atoms with Gasteiger partial charge in [-0.25, -0.2) is 0 Å². The van der Waals surface area contributed by atoms with Gasteiger partial charge in [0.25, 0.3) is 11.1 Å². The highest BCUT2D eigenvalue weighted by Crippen LogP contribution is 2.38. The van der Waals surface area contributed by atoms with Gasteiger partial charge in [0.15, 0.2) is 11.5 Å². The van der Waals surface area contributed by atoms with Crippen LogP contribution in [0.25, 0.3) is 16.8 Å². The maximum absolute atomic E-state index is 12.9. The number of methoxy groups -OCH3 is 2. The number of halogens is 1. The van der Waals surface area contributed by atoms with Crippen LogP contribution in [-0.2, 0) is 11.3 Å². The Labute approximate surface area is 186 Å². The molecule has 7 heteroatoms. The number of thioether (sulfide) groups is 1. The molecular weight excluding hydrogens is 466 g/mol. The molecule has 4 rings (SSSR count). The maximum atomic E-state index is 12.9. The number of hydrogen-bond donors (Lipinski definition) is 0. The molecule has 0 N–H and O–H groups in total. The molecule has 0 saturated carbocycles. The zero-order chi connectivity index (χ0) is 21.3. The van der Waals surface area contributed by atoms with E-state index in [1.807, 2.05) is 42.5 Å². The fourth-order valence-electron chi connectivity index (χ4n) is 3.28. The lowest BCUT2D eigenvalue weighted by atomic mass is 10.1. The Hall–Kier alpha value is -2.77. The van der Waals surface area contributed by atoms with Gasteiger partial charge in [-0.2, -0.15) is 0 Å². The van der Waals surface area contributed by atoms with Crippen molar-refractivity contribution in [1.29, 1.82) is 0 Å². The van der Waals surface area contributed by atoms with Crippen LogP contribution in [0.15, 0.2) is 64.0 Å². The van der Waals surface area contributed by atoms with Gasteiger partial charge in [-0.15, -0.1) is 0 Å². The monoisotopic (exact) mass is 483 g/mol. The minimum absolute atomic E-state index is 0.236. The average molecular weight is 484 g/mol. The van der Waals surface area contributed by atoms with Crippen molar-refractivity contribution in [3.63, 3.8) is 0 Å². The van der Waals surface area contributed by atoms with Gasteiger partial charge in [0.2, 0.25) is 0 Å². The van der Waals surface area contributed by atoms with E-state index >= 15 is 0 Å². The number of carbonyl (C=O) groups is 2. The molecule has 3 aromatic rings. The molecule has 0 aromatic heterocycles. The summed E-state index contributed by atoms with van der Waals surface area (Å²) in [4.78, 5) is 27.1. The van der Waals surface area contributed by atoms with Gasteiger partial charge < -0.3 is 9.47 Å². The van der Waals surface area contributed by atoms with Crippen LogP contribution in [0, 0.1) is 0 Å². The summed E-state index contributed by atoms with van der Waals surface area (Å²) in [5.41, 5.74) is 1.63. The van der Waals surface area contributed by atoms with Crippen LogP contribution < -0.4 is 9.47 Å². The summed E-state index contributed by atoms with van der Waals surface area (Å²) in [6.07, 6.45) is 1.69. The minimum Gasteiger partial charge on any atom is -0.493 e. The number of rotatable bonds is 5. The van der Waals surface area contributed by atoms with Gasteiger partial charge in [0, 0.05) is 4.47 Å². The summed E-state index contributed by atoms with van der Waals surface area (Å²) >= 11 is 4.42. The molecule has 1 heterocycles. The summed E-state index contributed by atoms with van der Waals surface area (Å²) in [6.45, 7) is 0.236. The number of benzene rings is 3. The number of hydrogen-bond acceptors (Lipinski definition) is 5. The number of carbonyl (C=O) groups excluding carboxylic acids is 2. The molecule has 3 aromatic carbocycles. The maximum Gasteiger partial charge on any atom is 0.293 e. The molecule has 152 valence electrons. The first-order valence-corrected chi connectivity index (χ1v) is 10.8. The van der Waals surface area contributed by atoms with Gasteiger partial charge in [-0.3, -0.25) is 14.5 Å². The fraction of sp³-hybridized carbons (Fsp3) is 0.130. The Morgan fingerprint density at radius 2 is 1.67 bits per heavy atom. The van der Waals surface area contributed by atoms with E-state index in [0.717, 1.165) is 38.1 Å². The fourth-order valence-corrected chi connectivity index (χ4v) is 4.54. The molecule has 0 unspecified atom stereocenters. The van der Waals surface area contributed by atoms with E-state index in [9.17, 15) is 9.59 Å². The summed E-state index contributed by atoms with van der Waals surface area (Å²) in [6, 6.07) is 17.5. The van der Waals surface area contributed by atoms with Crippen molar-refractivity contribution in [1.82, 2.24) is 4.90 Å². The van der Waals surface area contributed by atoms with Crippen molar-refractivity contribution in [3.8, 4) is 11.5 Å². The summed E-state index contributed by atoms with van der Waals surface area (Å²) < 4.78 is 11.4. The van der Waals surface area contributed by atoms with Gasteiger partial charge >= 0.3 is 0 Å². The van der Waals surface area contributed by atoms with E-state index in [1.165, 1.54) is 4.90 Å². The van der Waals surface area contributed by atoms with Crippen LogP contribution in [0.5, 0.6) is 11.5 Å². The first kappa shape index (κ1) is 20.5. The van der Waals surface area contributed by atoms with Gasteiger partial charge in [-0.05, 0) is 57.9 Å². The van der Waals surface area contributed by atoms with Crippen LogP contribution in [0.3, 0.4) is 0 Å². The molecule has 1 saturated heterocycles. The summed E-state index contributed by atoms with van der Waals surface area (Å²) in [7, 11) is 3.11. The van der Waals surface area contributed by atoms with Crippen LogP contribution in [0.1, 0.15) is 11.1 Å². The molecule has 0 radical (unpaired) electrons. The molecule has 2 amide bonds. The van der Waals surface area contributed by atoms with Crippen LogP contribution in [0.4, 0.5) is 4.79 Å². The molecule has 5 nitrogen and oxygen atoms in total. The first-order valence-electron chi connectivity index (χ1n) is 9.14. The Kier molecular flexibility index (Phi) is 5.83. The quantitative estimate of drug-likeness (QED) is 0.425. The number of fused-ring (bicyclic) bond motifs is 1. The van der Waals surface area contributed by atoms with E-state index in [2.05, 4.69) is 15.9 Å². The third-order valence-corrected chi connectivity index (χ3v) is 6.41. The number of nitrogens with zero attached hydrogens (tertiary/aromatic N) is 1. The molecule has 1 aliphatic heterocycles. The molecule has 0 atom stereocenters. The number of imide groups is 1. The van der Waals surface area contributed by atoms with Gasteiger partial charge in [-0.1, -0.05) is 52.3 Å². The topological polar surface area (TPSA) is 55.8 Å². The highest BCUT2D eigenvalue weighted by atomic mass is 79.9. The van der Waals surface area contributed by atoms with E-state index in [1.54, 1.807) is 32.4 Å². The molecule has 1 aliphatic rings. The molecule has 0 aliphatic carbocycles. The lowest BCUT2D eigenvalue weighted by molar-refractivity contribution is -0.123. The average Bonchev–Trinajstić information content (AvgIpc) is 3.02. The lowest BCUT2D eigenvalue weighted by Gasteiger charge is -2.13. The number of ether oxygens (including phenoxy) is 2. The Balaban J connectivity index is 1.60. The second kappa shape index (κ2) is 8.53. The SMILES string of the molecule is COc1cc(Br)c(/C=C2\SC(=O)N(Cc3ccc4ccccc4c3)C2=O)cc1OC. The molecule has 30 heavy (non-hydrogen) atoms. The smallest absolute Gasteiger partial charge is 0.293 e. The molecule has 0 spiro atoms. The van der Waals surface area contributed by atoms with Crippen molar-refractivity contribution in [2.24, 2.45) is 0 Å². The van der Waals surface area contributed by atoms with Crippen LogP contribution >= 0.6 is 27.7 Å². The second-order valence-electron chi connectivity index (χ2n) is 6.68. The van der Waals surface area contributed by atoms with Crippen LogP contribution in [-0.4, -0.2) is 30.3 Å². The molecule has 1 fully saturated rings. The van der Waals surface area contributed by atoms with Crippen molar-refractivity contribution in [2.75, 3.05) is 14.2 Å². The van der Waals surface area contributed by atoms with E-state index in [4.69, 9.17) is 9.47 Å². The highest BCUT2D eigenvalue weighted by Gasteiger charge is 2.35. The van der Waals surface area contributed by atoms with Crippen molar-refractivity contribution in [2.45, 2.75) is 6.54 Å².